The predicted molar refractivity (Wildman–Crippen MR) is 174 cm³/mol. The molecule has 2 saturated carbocycles. The van der Waals surface area contributed by atoms with Crippen LogP contribution >= 0.6 is 52.3 Å². The van der Waals surface area contributed by atoms with E-state index in [4.69, 9.17) is 17.0 Å². The molecular formula is C30H42Cl2S3SiZr. The van der Waals surface area contributed by atoms with Gasteiger partial charge in [0, 0.05) is 20.7 Å². The number of fused-ring (bicyclic) bond motifs is 4. The van der Waals surface area contributed by atoms with Crippen molar-refractivity contribution in [1.82, 2.24) is 0 Å². The summed E-state index contributed by atoms with van der Waals surface area (Å²) in [5, 5.41) is 2.48. The quantitative estimate of drug-likeness (QED) is 0.229. The molecule has 0 N–H and O–H groups in total. The molecule has 7 heteroatoms. The van der Waals surface area contributed by atoms with Gasteiger partial charge < -0.3 is 14.9 Å². The molecule has 8 atom stereocenters. The van der Waals surface area contributed by atoms with Crippen LogP contribution in [0.4, 0.5) is 0 Å². The standard InChI is InChI=1S/C28H36S3Si.2CH3.2ClH.Zr/c1-15-12-20-18(4)23(19-10-8-7-9-11-19)31-24(20)27(15)32(5,6)28-25-21(13-16(2)29-25)22-14-17(3)30-26(22)28;;;;;/h7-11,13-15,20-22,24-28H,12H2,1-6H3;2*1H3;2*1H;/q;2*-1;;;+4/p-2. The second-order valence-electron chi connectivity index (χ2n) is 11.6. The van der Waals surface area contributed by atoms with Crippen LogP contribution in [-0.4, -0.2) is 23.8 Å². The molecule has 5 aliphatic rings. The van der Waals surface area contributed by atoms with Gasteiger partial charge in [0.1, 0.15) is 0 Å². The van der Waals surface area contributed by atoms with E-state index >= 15 is 0 Å². The third-order valence-corrected chi connectivity index (χ3v) is 19.6. The molecule has 0 saturated heterocycles. The molecule has 0 nitrogen and oxygen atoms in total. The summed E-state index contributed by atoms with van der Waals surface area (Å²) in [7, 11) is 8.33. The van der Waals surface area contributed by atoms with Gasteiger partial charge >= 0.3 is 37.9 Å². The number of hydrogen-bond donors (Lipinski definition) is 0. The first kappa shape index (κ1) is 32.7. The van der Waals surface area contributed by atoms with Crippen LogP contribution < -0.4 is 0 Å². The molecule has 202 valence electrons. The summed E-state index contributed by atoms with van der Waals surface area (Å²) < 4.78 is 0. The Morgan fingerprint density at radius 1 is 0.811 bits per heavy atom. The van der Waals surface area contributed by atoms with Crippen molar-refractivity contribution < 1.29 is 20.8 Å². The van der Waals surface area contributed by atoms with Crippen molar-refractivity contribution in [3.8, 4) is 0 Å². The zero-order chi connectivity index (χ0) is 25.1. The van der Waals surface area contributed by atoms with Crippen LogP contribution in [0.15, 0.2) is 57.9 Å². The summed E-state index contributed by atoms with van der Waals surface area (Å²) in [5.74, 6) is 3.23. The van der Waals surface area contributed by atoms with Gasteiger partial charge in [0.2, 0.25) is 0 Å². The van der Waals surface area contributed by atoms with E-state index in [1.54, 1.807) is 20.3 Å². The fourth-order valence-corrected chi connectivity index (χ4v) is 21.9. The van der Waals surface area contributed by atoms with Crippen LogP contribution in [0.3, 0.4) is 0 Å². The van der Waals surface area contributed by atoms with Crippen LogP contribution in [0.1, 0.15) is 39.7 Å². The third kappa shape index (κ3) is 5.78. The Balaban J connectivity index is 0.000000727. The van der Waals surface area contributed by atoms with Crippen LogP contribution in [0.25, 0.3) is 4.91 Å². The SMILES string of the molecule is CC1=CC2C3C=C(C)SC3C([Si](C)(C)C3C(C)CC4C(C)=C(c5ccccc5)SC43)C2S1.[CH3-].[CH3-].[Cl][Zr+2][Cl]. The topological polar surface area (TPSA) is 0 Å². The first-order valence-electron chi connectivity index (χ1n) is 12.8. The first-order chi connectivity index (χ1) is 16.7. The van der Waals surface area contributed by atoms with Gasteiger partial charge in [0.15, 0.2) is 0 Å². The monoisotopic (exact) mass is 686 g/mol. The molecule has 0 radical (unpaired) electrons. The maximum atomic E-state index is 4.93. The van der Waals surface area contributed by atoms with Crippen molar-refractivity contribution in [2.75, 3.05) is 0 Å². The zero-order valence-corrected chi connectivity index (χ0v) is 30.8. The minimum absolute atomic E-state index is 0. The van der Waals surface area contributed by atoms with Gasteiger partial charge in [-0.25, -0.2) is 0 Å². The number of rotatable bonds is 3. The predicted octanol–water partition coefficient (Wildman–Crippen LogP) is 11.2. The van der Waals surface area contributed by atoms with Crippen LogP contribution in [0.2, 0.25) is 24.2 Å². The number of allylic oxidation sites excluding steroid dienone is 5. The molecule has 8 unspecified atom stereocenters. The summed E-state index contributed by atoms with van der Waals surface area (Å²) in [6, 6.07) is 11.2. The average Bonchev–Trinajstić information content (AvgIpc) is 3.56. The fourth-order valence-electron chi connectivity index (χ4n) is 8.21. The molecule has 0 aromatic heterocycles. The maximum absolute atomic E-state index is 4.93. The number of halogens is 2. The molecule has 1 aromatic rings. The summed E-state index contributed by atoms with van der Waals surface area (Å²) in [6.07, 6.45) is 6.71. The van der Waals surface area contributed by atoms with E-state index in [9.17, 15) is 0 Å². The van der Waals surface area contributed by atoms with E-state index in [1.807, 2.05) is 0 Å². The molecule has 0 bridgehead atoms. The molecule has 0 amide bonds. The summed E-state index contributed by atoms with van der Waals surface area (Å²) in [5.41, 5.74) is 4.98. The normalized spacial score (nSPS) is 37.2. The van der Waals surface area contributed by atoms with E-state index in [2.05, 4.69) is 119 Å². The molecule has 2 fully saturated rings. The Morgan fingerprint density at radius 3 is 1.84 bits per heavy atom. The van der Waals surface area contributed by atoms with Crippen LogP contribution in [-0.2, 0) is 20.8 Å². The molecule has 3 aliphatic heterocycles. The Kier molecular flexibility index (Phi) is 11.5. The van der Waals surface area contributed by atoms with Gasteiger partial charge in [-0.15, -0.1) is 35.3 Å². The number of hydrogen-bond acceptors (Lipinski definition) is 3. The van der Waals surface area contributed by atoms with Gasteiger partial charge in [-0.1, -0.05) is 68.1 Å². The first-order valence-corrected chi connectivity index (χ1v) is 24.9. The zero-order valence-electron chi connectivity index (χ0n) is 23.4. The second kappa shape index (κ2) is 13.0. The van der Waals surface area contributed by atoms with Crippen molar-refractivity contribution >= 4 is 65.3 Å². The number of benzene rings is 1. The van der Waals surface area contributed by atoms with Crippen LogP contribution in [0.5, 0.6) is 0 Å². The Labute approximate surface area is 259 Å². The van der Waals surface area contributed by atoms with Crippen molar-refractivity contribution in [1.29, 1.82) is 0 Å². The third-order valence-electron chi connectivity index (χ3n) is 9.32. The second-order valence-corrected chi connectivity index (χ2v) is 24.3. The summed E-state index contributed by atoms with van der Waals surface area (Å²) in [6.45, 7) is 15.4. The Morgan fingerprint density at radius 2 is 1.32 bits per heavy atom. The molecule has 2 aliphatic carbocycles. The minimum atomic E-state index is -1.53. The van der Waals surface area contributed by atoms with Crippen molar-refractivity contribution in [3.05, 3.63) is 78.3 Å². The molecule has 6 rings (SSSR count). The fraction of sp³-hybridized carbons (Fsp3) is 0.533. The molecule has 37 heavy (non-hydrogen) atoms. The Bertz CT molecular complexity index is 1020. The summed E-state index contributed by atoms with van der Waals surface area (Å²) in [4.78, 5) is 4.78. The van der Waals surface area contributed by atoms with Crippen LogP contribution in [0, 0.1) is 38.5 Å². The van der Waals surface area contributed by atoms with Gasteiger partial charge in [-0.3, -0.25) is 0 Å². The van der Waals surface area contributed by atoms with E-state index in [-0.39, 0.29) is 14.9 Å². The Hall–Kier alpha value is 1.17. The molecular weight excluding hydrogens is 647 g/mol. The van der Waals surface area contributed by atoms with Crippen molar-refractivity contribution in [2.24, 2.45) is 23.7 Å². The number of thioether (sulfide) groups is 3. The summed E-state index contributed by atoms with van der Waals surface area (Å²) >= 11 is 5.94. The van der Waals surface area contributed by atoms with Crippen molar-refractivity contribution in [2.45, 2.75) is 74.0 Å². The van der Waals surface area contributed by atoms with Gasteiger partial charge in [-0.05, 0) is 77.3 Å². The average molecular weight is 689 g/mol. The van der Waals surface area contributed by atoms with Gasteiger partial charge in [-0.2, -0.15) is 0 Å². The van der Waals surface area contributed by atoms with E-state index in [0.717, 1.165) is 50.5 Å². The van der Waals surface area contributed by atoms with E-state index in [0.29, 0.717) is 0 Å². The van der Waals surface area contributed by atoms with E-state index in [1.165, 1.54) is 12.0 Å². The van der Waals surface area contributed by atoms with Gasteiger partial charge in [0.25, 0.3) is 0 Å². The van der Waals surface area contributed by atoms with E-state index < -0.39 is 28.9 Å². The molecule has 3 heterocycles. The molecule has 1 aromatic carbocycles. The molecule has 0 spiro atoms. The van der Waals surface area contributed by atoms with Crippen molar-refractivity contribution in [3.63, 3.8) is 0 Å². The van der Waals surface area contributed by atoms with Gasteiger partial charge in [0.05, 0.1) is 8.07 Å².